The van der Waals surface area contributed by atoms with Crippen LogP contribution in [0.25, 0.3) is 10.9 Å². The van der Waals surface area contributed by atoms with Gasteiger partial charge in [-0.3, -0.25) is 9.59 Å². The molecule has 1 heterocycles. The predicted molar refractivity (Wildman–Crippen MR) is 88.2 cm³/mol. The molecule has 2 aromatic carbocycles. The number of rotatable bonds is 3. The number of pyridine rings is 1. The quantitative estimate of drug-likeness (QED) is 0.786. The average Bonchev–Trinajstić information content (AvgIpc) is 2.54. The molecule has 4 nitrogen and oxygen atoms in total. The first kappa shape index (κ1) is 16.1. The third-order valence-electron chi connectivity index (χ3n) is 3.48. The number of hydrogen-bond donors (Lipinski definition) is 1. The molecule has 0 unspecified atom stereocenters. The van der Waals surface area contributed by atoms with Crippen LogP contribution in [0.1, 0.15) is 0 Å². The molecule has 24 heavy (non-hydrogen) atoms. The van der Waals surface area contributed by atoms with Crippen molar-refractivity contribution in [1.29, 1.82) is 0 Å². The second kappa shape index (κ2) is 6.41. The normalized spacial score (nSPS) is 10.8. The van der Waals surface area contributed by atoms with E-state index in [0.29, 0.717) is 15.9 Å². The molecule has 0 aliphatic carbocycles. The number of carbonyl (C=O) groups is 1. The van der Waals surface area contributed by atoms with Crippen LogP contribution >= 0.6 is 11.6 Å². The zero-order chi connectivity index (χ0) is 17.3. The Kier molecular flexibility index (Phi) is 4.31. The summed E-state index contributed by atoms with van der Waals surface area (Å²) < 4.78 is 28.7. The van der Waals surface area contributed by atoms with Gasteiger partial charge >= 0.3 is 0 Å². The molecule has 7 heteroatoms. The molecule has 0 saturated heterocycles. The van der Waals surface area contributed by atoms with Crippen molar-refractivity contribution in [1.82, 2.24) is 4.57 Å². The Morgan fingerprint density at radius 2 is 1.83 bits per heavy atom. The number of nitrogens with zero attached hydrogens (tertiary/aromatic N) is 1. The van der Waals surface area contributed by atoms with Crippen molar-refractivity contribution in [2.45, 2.75) is 6.54 Å². The molecular formula is C17H11ClF2N2O2. The fraction of sp³-hybridized carbons (Fsp3) is 0.0588. The van der Waals surface area contributed by atoms with Crippen molar-refractivity contribution < 1.29 is 13.6 Å². The number of para-hydroxylation sites is 1. The molecule has 0 saturated carbocycles. The number of fused-ring (bicyclic) bond motifs is 1. The van der Waals surface area contributed by atoms with E-state index in [4.69, 9.17) is 11.6 Å². The lowest BCUT2D eigenvalue weighted by molar-refractivity contribution is -0.116. The number of anilines is 1. The lowest BCUT2D eigenvalue weighted by atomic mass is 10.2. The van der Waals surface area contributed by atoms with Gasteiger partial charge in [-0.1, -0.05) is 17.7 Å². The highest BCUT2D eigenvalue weighted by molar-refractivity contribution is 6.31. The number of carbonyl (C=O) groups excluding carboxylic acids is 1. The van der Waals surface area contributed by atoms with Crippen LogP contribution in [-0.4, -0.2) is 10.5 Å². The van der Waals surface area contributed by atoms with Crippen molar-refractivity contribution >= 4 is 34.1 Å². The van der Waals surface area contributed by atoms with E-state index < -0.39 is 23.2 Å². The molecule has 122 valence electrons. The van der Waals surface area contributed by atoms with E-state index in [-0.39, 0.29) is 12.0 Å². The van der Waals surface area contributed by atoms with Gasteiger partial charge in [0.25, 0.3) is 0 Å². The molecular weight excluding hydrogens is 338 g/mol. The van der Waals surface area contributed by atoms with Crippen LogP contribution in [-0.2, 0) is 11.3 Å². The monoisotopic (exact) mass is 348 g/mol. The highest BCUT2D eigenvalue weighted by atomic mass is 35.5. The third-order valence-corrected chi connectivity index (χ3v) is 3.72. The van der Waals surface area contributed by atoms with E-state index in [1.807, 2.05) is 0 Å². The van der Waals surface area contributed by atoms with Gasteiger partial charge in [0.1, 0.15) is 23.9 Å². The van der Waals surface area contributed by atoms with Gasteiger partial charge in [-0.05, 0) is 30.3 Å². The van der Waals surface area contributed by atoms with E-state index >= 15 is 0 Å². The summed E-state index contributed by atoms with van der Waals surface area (Å²) in [6.07, 6.45) is 1.44. The molecule has 0 aliphatic heterocycles. The van der Waals surface area contributed by atoms with Crippen molar-refractivity contribution in [3.05, 3.63) is 75.5 Å². The van der Waals surface area contributed by atoms with Crippen LogP contribution in [0.3, 0.4) is 0 Å². The van der Waals surface area contributed by atoms with Gasteiger partial charge in [-0.15, -0.1) is 0 Å². The fourth-order valence-electron chi connectivity index (χ4n) is 2.37. The minimum absolute atomic E-state index is 0.216. The van der Waals surface area contributed by atoms with Crippen molar-refractivity contribution in [2.24, 2.45) is 0 Å². The van der Waals surface area contributed by atoms with E-state index in [1.165, 1.54) is 29.0 Å². The number of amides is 1. The summed E-state index contributed by atoms with van der Waals surface area (Å²) in [7, 11) is 0. The van der Waals surface area contributed by atoms with Gasteiger partial charge < -0.3 is 9.88 Å². The molecule has 0 bridgehead atoms. The van der Waals surface area contributed by atoms with Gasteiger partial charge in [0.05, 0.1) is 5.52 Å². The zero-order valence-corrected chi connectivity index (χ0v) is 13.0. The molecule has 0 atom stereocenters. The molecule has 1 aromatic heterocycles. The summed E-state index contributed by atoms with van der Waals surface area (Å²) in [5.41, 5.74) is -0.240. The average molecular weight is 349 g/mol. The standard InChI is InChI=1S/C17H11ClF2N2O2/c18-10-4-5-14-11(8-10)15(23)6-7-22(14)9-16(24)21-17-12(19)2-1-3-13(17)20/h1-8H,9H2,(H,21,24). The Balaban J connectivity index is 1.91. The van der Waals surface area contributed by atoms with E-state index in [1.54, 1.807) is 12.1 Å². The van der Waals surface area contributed by atoms with E-state index in [2.05, 4.69) is 5.32 Å². The topological polar surface area (TPSA) is 51.1 Å². The molecule has 3 rings (SSSR count). The van der Waals surface area contributed by atoms with Crippen molar-refractivity contribution in [3.8, 4) is 0 Å². The Labute approximate surface area is 140 Å². The lowest BCUT2D eigenvalue weighted by Crippen LogP contribution is -2.21. The predicted octanol–water partition coefficient (Wildman–Crippen LogP) is 3.57. The highest BCUT2D eigenvalue weighted by Gasteiger charge is 2.13. The van der Waals surface area contributed by atoms with Gasteiger partial charge in [-0.25, -0.2) is 8.78 Å². The Morgan fingerprint density at radius 3 is 2.54 bits per heavy atom. The maximum atomic E-state index is 13.6. The number of nitrogens with one attached hydrogen (secondary N) is 1. The van der Waals surface area contributed by atoms with Crippen molar-refractivity contribution in [2.75, 3.05) is 5.32 Å². The summed E-state index contributed by atoms with van der Waals surface area (Å²) in [4.78, 5) is 24.0. The summed E-state index contributed by atoms with van der Waals surface area (Å²) in [6, 6.07) is 9.31. The number of benzene rings is 2. The smallest absolute Gasteiger partial charge is 0.244 e. The molecule has 1 N–H and O–H groups in total. The van der Waals surface area contributed by atoms with Crippen LogP contribution in [0.2, 0.25) is 5.02 Å². The summed E-state index contributed by atoms with van der Waals surface area (Å²) in [5, 5.41) is 2.96. The van der Waals surface area contributed by atoms with Crippen LogP contribution in [0.5, 0.6) is 0 Å². The second-order valence-corrected chi connectivity index (χ2v) is 5.55. The number of halogens is 3. The Morgan fingerprint density at radius 1 is 1.12 bits per heavy atom. The Hall–Kier alpha value is -2.73. The summed E-state index contributed by atoms with van der Waals surface area (Å²) >= 11 is 5.88. The molecule has 0 aliphatic rings. The first-order chi connectivity index (χ1) is 11.5. The molecule has 0 spiro atoms. The molecule has 1 amide bonds. The van der Waals surface area contributed by atoms with Gasteiger partial charge in [0.2, 0.25) is 5.91 Å². The van der Waals surface area contributed by atoms with Crippen LogP contribution in [0, 0.1) is 11.6 Å². The number of aromatic nitrogens is 1. The first-order valence-electron chi connectivity index (χ1n) is 6.98. The maximum absolute atomic E-state index is 13.6. The largest absolute Gasteiger partial charge is 0.338 e. The zero-order valence-electron chi connectivity index (χ0n) is 12.2. The SMILES string of the molecule is O=C(Cn1ccc(=O)c2cc(Cl)ccc21)Nc1c(F)cccc1F. The minimum atomic E-state index is -0.861. The van der Waals surface area contributed by atoms with Crippen molar-refractivity contribution in [3.63, 3.8) is 0 Å². The summed E-state index contributed by atoms with van der Waals surface area (Å²) in [6.45, 7) is -0.216. The first-order valence-corrected chi connectivity index (χ1v) is 7.36. The molecule has 0 radical (unpaired) electrons. The van der Waals surface area contributed by atoms with Crippen LogP contribution in [0.15, 0.2) is 53.5 Å². The highest BCUT2D eigenvalue weighted by Crippen LogP contribution is 2.19. The number of hydrogen-bond acceptors (Lipinski definition) is 2. The van der Waals surface area contributed by atoms with Crippen LogP contribution < -0.4 is 10.7 Å². The Bertz CT molecular complexity index is 981. The van der Waals surface area contributed by atoms with Gasteiger partial charge in [0, 0.05) is 22.7 Å². The molecule has 3 aromatic rings. The second-order valence-electron chi connectivity index (χ2n) is 5.11. The molecule has 0 fully saturated rings. The van der Waals surface area contributed by atoms with E-state index in [9.17, 15) is 18.4 Å². The maximum Gasteiger partial charge on any atom is 0.244 e. The fourth-order valence-corrected chi connectivity index (χ4v) is 2.54. The minimum Gasteiger partial charge on any atom is -0.338 e. The van der Waals surface area contributed by atoms with E-state index in [0.717, 1.165) is 12.1 Å². The van der Waals surface area contributed by atoms with Gasteiger partial charge in [0.15, 0.2) is 5.43 Å². The lowest BCUT2D eigenvalue weighted by Gasteiger charge is -2.12. The summed E-state index contributed by atoms with van der Waals surface area (Å²) in [5.74, 6) is -2.35. The third kappa shape index (κ3) is 3.14. The van der Waals surface area contributed by atoms with Crippen LogP contribution in [0.4, 0.5) is 14.5 Å². The van der Waals surface area contributed by atoms with Gasteiger partial charge in [-0.2, -0.15) is 0 Å².